The van der Waals surface area contributed by atoms with Crippen LogP contribution in [0, 0.1) is 0 Å². The van der Waals surface area contributed by atoms with Crippen LogP contribution in [0.4, 0.5) is 0 Å². The summed E-state index contributed by atoms with van der Waals surface area (Å²) in [5.41, 5.74) is 2.16. The second kappa shape index (κ2) is 7.64. The van der Waals surface area contributed by atoms with Crippen molar-refractivity contribution in [3.8, 4) is 11.5 Å². The molecule has 1 atom stereocenters. The van der Waals surface area contributed by atoms with E-state index in [1.807, 2.05) is 37.4 Å². The highest BCUT2D eigenvalue weighted by molar-refractivity contribution is 5.42. The Balaban J connectivity index is 2.40. The minimum absolute atomic E-state index is 0.0269. The highest BCUT2D eigenvalue weighted by Crippen LogP contribution is 2.30. The van der Waals surface area contributed by atoms with E-state index in [0.29, 0.717) is 6.61 Å². The van der Waals surface area contributed by atoms with Gasteiger partial charge in [0.05, 0.1) is 26.0 Å². The van der Waals surface area contributed by atoms with E-state index in [-0.39, 0.29) is 6.04 Å². The lowest BCUT2D eigenvalue weighted by Crippen LogP contribution is -2.22. The number of hydrogen-bond acceptors (Lipinski definition) is 4. The van der Waals surface area contributed by atoms with Crippen LogP contribution in [-0.4, -0.2) is 25.2 Å². The highest BCUT2D eigenvalue weighted by atomic mass is 16.5. The summed E-state index contributed by atoms with van der Waals surface area (Å²) in [7, 11) is 1.69. The number of pyridine rings is 1. The summed E-state index contributed by atoms with van der Waals surface area (Å²) in [6.07, 6.45) is 3.60. The molecule has 0 radical (unpaired) electrons. The van der Waals surface area contributed by atoms with Crippen LogP contribution in [0.3, 0.4) is 0 Å². The van der Waals surface area contributed by atoms with E-state index in [9.17, 15) is 0 Å². The van der Waals surface area contributed by atoms with Gasteiger partial charge in [-0.15, -0.1) is 0 Å². The minimum Gasteiger partial charge on any atom is -0.496 e. The second-order valence-electron chi connectivity index (χ2n) is 4.62. The molecule has 2 aromatic rings. The Morgan fingerprint density at radius 1 is 1.19 bits per heavy atom. The molecule has 0 amide bonds. The number of rotatable bonds is 7. The van der Waals surface area contributed by atoms with Crippen LogP contribution >= 0.6 is 0 Å². The lowest BCUT2D eigenvalue weighted by atomic mass is 9.99. The Labute approximate surface area is 126 Å². The van der Waals surface area contributed by atoms with Gasteiger partial charge < -0.3 is 14.8 Å². The molecule has 1 heterocycles. The van der Waals surface area contributed by atoms with Gasteiger partial charge in [-0.2, -0.15) is 0 Å². The van der Waals surface area contributed by atoms with Crippen molar-refractivity contribution >= 4 is 0 Å². The van der Waals surface area contributed by atoms with Crippen LogP contribution in [0.2, 0.25) is 0 Å². The molecular weight excluding hydrogens is 264 g/mol. The predicted octanol–water partition coefficient (Wildman–Crippen LogP) is 3.19. The topological polar surface area (TPSA) is 43.4 Å². The predicted molar refractivity (Wildman–Crippen MR) is 83.9 cm³/mol. The van der Waals surface area contributed by atoms with E-state index >= 15 is 0 Å². The van der Waals surface area contributed by atoms with Gasteiger partial charge in [0.2, 0.25) is 0 Å². The molecule has 1 N–H and O–H groups in total. The Kier molecular flexibility index (Phi) is 5.58. The van der Waals surface area contributed by atoms with E-state index in [1.54, 1.807) is 13.3 Å². The zero-order chi connectivity index (χ0) is 15.1. The van der Waals surface area contributed by atoms with Crippen molar-refractivity contribution in [2.45, 2.75) is 19.9 Å². The summed E-state index contributed by atoms with van der Waals surface area (Å²) in [6.45, 7) is 5.53. The molecule has 1 aromatic carbocycles. The number of para-hydroxylation sites is 1. The Morgan fingerprint density at radius 2 is 2.00 bits per heavy atom. The van der Waals surface area contributed by atoms with Crippen molar-refractivity contribution in [3.05, 3.63) is 53.9 Å². The number of hydrogen-bond donors (Lipinski definition) is 1. The van der Waals surface area contributed by atoms with Gasteiger partial charge in [-0.05, 0) is 31.2 Å². The summed E-state index contributed by atoms with van der Waals surface area (Å²) in [4.78, 5) is 4.28. The van der Waals surface area contributed by atoms with Gasteiger partial charge in [0.1, 0.15) is 11.5 Å². The smallest absolute Gasteiger partial charge is 0.137 e. The van der Waals surface area contributed by atoms with Gasteiger partial charge in [-0.1, -0.05) is 25.1 Å². The summed E-state index contributed by atoms with van der Waals surface area (Å²) in [6, 6.07) is 10.1. The van der Waals surface area contributed by atoms with Gasteiger partial charge in [0.15, 0.2) is 0 Å². The minimum atomic E-state index is 0.0269. The van der Waals surface area contributed by atoms with Crippen molar-refractivity contribution in [2.75, 3.05) is 20.3 Å². The highest BCUT2D eigenvalue weighted by Gasteiger charge is 2.17. The van der Waals surface area contributed by atoms with E-state index in [0.717, 1.165) is 29.2 Å². The van der Waals surface area contributed by atoms with E-state index < -0.39 is 0 Å². The molecule has 1 unspecified atom stereocenters. The van der Waals surface area contributed by atoms with Crippen LogP contribution < -0.4 is 14.8 Å². The molecule has 0 aliphatic carbocycles. The lowest BCUT2D eigenvalue weighted by Gasteiger charge is -2.21. The third-order valence-electron chi connectivity index (χ3n) is 3.24. The standard InChI is InChI=1S/C17H22N2O2/c1-4-19-17(15-8-6-7-9-16(15)20-3)13-10-14(21-5-2)12-18-11-13/h6-12,17,19H,4-5H2,1-3H3. The number of nitrogens with zero attached hydrogens (tertiary/aromatic N) is 1. The summed E-state index contributed by atoms with van der Waals surface area (Å²) < 4.78 is 11.0. The fourth-order valence-electron chi connectivity index (χ4n) is 2.36. The summed E-state index contributed by atoms with van der Waals surface area (Å²) in [5, 5.41) is 3.48. The Bertz CT molecular complexity index is 572. The first-order valence-corrected chi connectivity index (χ1v) is 7.24. The number of aromatic nitrogens is 1. The molecule has 2 rings (SSSR count). The van der Waals surface area contributed by atoms with Gasteiger partial charge in [0.25, 0.3) is 0 Å². The third-order valence-corrected chi connectivity index (χ3v) is 3.24. The van der Waals surface area contributed by atoms with Crippen LogP contribution in [0.25, 0.3) is 0 Å². The number of nitrogens with one attached hydrogen (secondary N) is 1. The van der Waals surface area contributed by atoms with E-state index in [2.05, 4.69) is 23.3 Å². The lowest BCUT2D eigenvalue weighted by molar-refractivity contribution is 0.338. The summed E-state index contributed by atoms with van der Waals surface area (Å²) >= 11 is 0. The average Bonchev–Trinajstić information content (AvgIpc) is 2.53. The number of benzene rings is 1. The van der Waals surface area contributed by atoms with Crippen molar-refractivity contribution in [1.82, 2.24) is 10.3 Å². The van der Waals surface area contributed by atoms with Crippen LogP contribution in [0.5, 0.6) is 11.5 Å². The quantitative estimate of drug-likeness (QED) is 0.849. The maximum Gasteiger partial charge on any atom is 0.137 e. The maximum absolute atomic E-state index is 5.55. The third kappa shape index (κ3) is 3.73. The molecule has 4 nitrogen and oxygen atoms in total. The molecule has 0 bridgehead atoms. The largest absolute Gasteiger partial charge is 0.496 e. The molecule has 1 aromatic heterocycles. The molecular formula is C17H22N2O2. The molecule has 0 spiro atoms. The van der Waals surface area contributed by atoms with E-state index in [4.69, 9.17) is 9.47 Å². The van der Waals surface area contributed by atoms with Gasteiger partial charge in [-0.3, -0.25) is 4.98 Å². The normalized spacial score (nSPS) is 12.0. The molecule has 112 valence electrons. The second-order valence-corrected chi connectivity index (χ2v) is 4.62. The van der Waals surface area contributed by atoms with Crippen LogP contribution in [0.15, 0.2) is 42.7 Å². The van der Waals surface area contributed by atoms with Crippen molar-refractivity contribution in [1.29, 1.82) is 0 Å². The fourth-order valence-corrected chi connectivity index (χ4v) is 2.36. The molecule has 0 saturated carbocycles. The number of methoxy groups -OCH3 is 1. The van der Waals surface area contributed by atoms with Crippen LogP contribution in [-0.2, 0) is 0 Å². The first-order valence-electron chi connectivity index (χ1n) is 7.24. The summed E-state index contributed by atoms with van der Waals surface area (Å²) in [5.74, 6) is 1.65. The monoisotopic (exact) mass is 286 g/mol. The van der Waals surface area contributed by atoms with Gasteiger partial charge in [0, 0.05) is 11.8 Å². The molecule has 0 aliphatic heterocycles. The van der Waals surface area contributed by atoms with Gasteiger partial charge >= 0.3 is 0 Å². The Hall–Kier alpha value is -2.07. The number of ether oxygens (including phenoxy) is 2. The first kappa shape index (κ1) is 15.3. The van der Waals surface area contributed by atoms with Crippen molar-refractivity contribution in [3.63, 3.8) is 0 Å². The maximum atomic E-state index is 5.55. The zero-order valence-electron chi connectivity index (χ0n) is 12.8. The molecule has 0 saturated heterocycles. The van der Waals surface area contributed by atoms with Crippen molar-refractivity contribution < 1.29 is 9.47 Å². The molecule has 0 fully saturated rings. The van der Waals surface area contributed by atoms with Gasteiger partial charge in [-0.25, -0.2) is 0 Å². The van der Waals surface area contributed by atoms with E-state index in [1.165, 1.54) is 0 Å². The zero-order valence-corrected chi connectivity index (χ0v) is 12.8. The first-order chi connectivity index (χ1) is 10.3. The Morgan fingerprint density at radius 3 is 2.71 bits per heavy atom. The molecule has 4 heteroatoms. The average molecular weight is 286 g/mol. The molecule has 0 aliphatic rings. The SMILES string of the molecule is CCNC(c1cncc(OCC)c1)c1ccccc1OC. The van der Waals surface area contributed by atoms with Crippen molar-refractivity contribution in [2.24, 2.45) is 0 Å². The van der Waals surface area contributed by atoms with Crippen LogP contribution in [0.1, 0.15) is 31.0 Å². The fraction of sp³-hybridized carbons (Fsp3) is 0.353. The molecule has 21 heavy (non-hydrogen) atoms.